The number of halogens is 1. The number of rotatable bonds is 5. The smallest absolute Gasteiger partial charge is 0.276 e. The molecule has 0 radical (unpaired) electrons. The predicted molar refractivity (Wildman–Crippen MR) is 84.8 cm³/mol. The maximum atomic E-state index is 12.4. The van der Waals surface area contributed by atoms with E-state index in [1.165, 1.54) is 4.90 Å². The number of aromatic amines is 1. The molecule has 0 bridgehead atoms. The summed E-state index contributed by atoms with van der Waals surface area (Å²) in [5.74, 6) is -0.613. The number of aromatic nitrogens is 1. The first-order chi connectivity index (χ1) is 9.63. The number of guanidine groups is 1. The number of hydrogen-bond donors (Lipinski definition) is 4. The fourth-order valence-corrected chi connectivity index (χ4v) is 2.05. The summed E-state index contributed by atoms with van der Waals surface area (Å²) in [4.78, 5) is 16.6. The number of H-pyrrole nitrogens is 1. The third-order valence-corrected chi connectivity index (χ3v) is 3.09. The number of unbranched alkanes of at least 4 members (excludes halogenated alkanes) is 1. The van der Waals surface area contributed by atoms with E-state index in [2.05, 4.69) is 4.98 Å². The van der Waals surface area contributed by atoms with Crippen molar-refractivity contribution in [3.05, 3.63) is 36.0 Å². The van der Waals surface area contributed by atoms with Crippen LogP contribution in [0.3, 0.4) is 0 Å². The van der Waals surface area contributed by atoms with Crippen molar-refractivity contribution in [1.82, 2.24) is 9.88 Å². The molecule has 0 saturated heterocycles. The second-order valence-electron chi connectivity index (χ2n) is 4.54. The van der Waals surface area contributed by atoms with Crippen molar-refractivity contribution in [2.75, 3.05) is 13.2 Å². The summed E-state index contributed by atoms with van der Waals surface area (Å²) in [6.07, 6.45) is 1.17. The van der Waals surface area contributed by atoms with E-state index in [1.54, 1.807) is 6.07 Å². The van der Waals surface area contributed by atoms with Crippen LogP contribution in [0.5, 0.6) is 0 Å². The van der Waals surface area contributed by atoms with Crippen molar-refractivity contribution >= 4 is 35.2 Å². The van der Waals surface area contributed by atoms with Crippen molar-refractivity contribution in [3.8, 4) is 0 Å². The molecule has 7 heteroatoms. The molecular formula is C14H19ClN4O2. The van der Waals surface area contributed by atoms with Crippen molar-refractivity contribution in [1.29, 1.82) is 5.41 Å². The first-order valence-corrected chi connectivity index (χ1v) is 6.48. The molecule has 2 rings (SSSR count). The Balaban J connectivity index is 0.00000220. The number of carbonyl (C=O) groups is 1. The lowest BCUT2D eigenvalue weighted by atomic mass is 10.2. The number of amides is 1. The van der Waals surface area contributed by atoms with Crippen LogP contribution in [0.15, 0.2) is 30.3 Å². The highest BCUT2D eigenvalue weighted by Crippen LogP contribution is 2.16. The second kappa shape index (κ2) is 7.66. The molecule has 6 nitrogen and oxygen atoms in total. The average molecular weight is 311 g/mol. The van der Waals surface area contributed by atoms with Gasteiger partial charge in [0.15, 0.2) is 5.96 Å². The summed E-state index contributed by atoms with van der Waals surface area (Å²) in [6.45, 7) is 0.385. The highest BCUT2D eigenvalue weighted by molar-refractivity contribution is 6.05. The Morgan fingerprint density at radius 1 is 1.33 bits per heavy atom. The van der Waals surface area contributed by atoms with Crippen LogP contribution in [0, 0.1) is 5.41 Å². The van der Waals surface area contributed by atoms with Gasteiger partial charge in [0.2, 0.25) is 0 Å². The van der Waals surface area contributed by atoms with E-state index in [4.69, 9.17) is 16.2 Å². The number of carbonyl (C=O) groups excluding carboxylic acids is 1. The van der Waals surface area contributed by atoms with Crippen LogP contribution in [0.1, 0.15) is 23.3 Å². The molecule has 0 aliphatic rings. The van der Waals surface area contributed by atoms with Gasteiger partial charge in [0.25, 0.3) is 5.91 Å². The maximum Gasteiger partial charge on any atom is 0.276 e. The largest absolute Gasteiger partial charge is 0.396 e. The summed E-state index contributed by atoms with van der Waals surface area (Å²) < 4.78 is 0. The lowest BCUT2D eigenvalue weighted by molar-refractivity contribution is 0.0836. The molecule has 1 amide bonds. The van der Waals surface area contributed by atoms with Gasteiger partial charge in [0.1, 0.15) is 5.69 Å². The number of aliphatic hydroxyl groups excluding tert-OH is 1. The van der Waals surface area contributed by atoms with E-state index >= 15 is 0 Å². The molecule has 114 valence electrons. The molecule has 1 heterocycles. The SMILES string of the molecule is Cl.N=C(N)N(CCCCO)C(=O)c1cc2ccccc2[nH]1. The monoisotopic (exact) mass is 310 g/mol. The Kier molecular flexibility index (Phi) is 6.20. The van der Waals surface area contributed by atoms with Crippen molar-refractivity contribution in [2.45, 2.75) is 12.8 Å². The number of nitrogens with zero attached hydrogens (tertiary/aromatic N) is 1. The summed E-state index contributed by atoms with van der Waals surface area (Å²) in [7, 11) is 0. The number of nitrogens with two attached hydrogens (primary N) is 1. The third kappa shape index (κ3) is 3.96. The fourth-order valence-electron chi connectivity index (χ4n) is 2.05. The minimum Gasteiger partial charge on any atom is -0.396 e. The second-order valence-corrected chi connectivity index (χ2v) is 4.54. The molecule has 0 saturated carbocycles. The molecule has 0 aliphatic heterocycles. The van der Waals surface area contributed by atoms with Gasteiger partial charge in [-0.3, -0.25) is 15.1 Å². The Labute approximate surface area is 128 Å². The van der Waals surface area contributed by atoms with Gasteiger partial charge in [-0.05, 0) is 25.0 Å². The molecule has 0 unspecified atom stereocenters. The van der Waals surface area contributed by atoms with E-state index in [9.17, 15) is 4.79 Å². The van der Waals surface area contributed by atoms with Gasteiger partial charge in [0, 0.05) is 24.1 Å². The van der Waals surface area contributed by atoms with Gasteiger partial charge in [-0.1, -0.05) is 18.2 Å². The lowest BCUT2D eigenvalue weighted by Crippen LogP contribution is -2.42. The highest BCUT2D eigenvalue weighted by atomic mass is 35.5. The minimum absolute atomic E-state index is 0. The van der Waals surface area contributed by atoms with E-state index in [0.717, 1.165) is 10.9 Å². The molecule has 2 aromatic rings. The van der Waals surface area contributed by atoms with E-state index in [-0.39, 0.29) is 30.9 Å². The number of hydrogen-bond acceptors (Lipinski definition) is 3. The zero-order valence-corrected chi connectivity index (χ0v) is 12.3. The molecule has 0 spiro atoms. The van der Waals surface area contributed by atoms with Crippen LogP contribution >= 0.6 is 12.4 Å². The topological polar surface area (TPSA) is 106 Å². The molecule has 0 atom stereocenters. The molecule has 0 fully saturated rings. The van der Waals surface area contributed by atoms with Crippen LogP contribution < -0.4 is 5.73 Å². The Hall–Kier alpha value is -2.05. The van der Waals surface area contributed by atoms with Crippen molar-refractivity contribution < 1.29 is 9.90 Å². The quantitative estimate of drug-likeness (QED) is 0.383. The van der Waals surface area contributed by atoms with Crippen molar-refractivity contribution in [2.24, 2.45) is 5.73 Å². The fraction of sp³-hybridized carbons (Fsp3) is 0.286. The normalized spacial score (nSPS) is 10.1. The van der Waals surface area contributed by atoms with Gasteiger partial charge in [0.05, 0.1) is 0 Å². The molecule has 1 aromatic carbocycles. The van der Waals surface area contributed by atoms with Crippen LogP contribution in [-0.2, 0) is 0 Å². The number of benzene rings is 1. The molecule has 1 aromatic heterocycles. The summed E-state index contributed by atoms with van der Waals surface area (Å²) in [6, 6.07) is 9.33. The van der Waals surface area contributed by atoms with E-state index in [0.29, 0.717) is 25.1 Å². The van der Waals surface area contributed by atoms with Gasteiger partial charge in [-0.25, -0.2) is 0 Å². The molecule has 21 heavy (non-hydrogen) atoms. The van der Waals surface area contributed by atoms with Crippen LogP contribution in [0.4, 0.5) is 0 Å². The zero-order chi connectivity index (χ0) is 14.5. The summed E-state index contributed by atoms with van der Waals surface area (Å²) >= 11 is 0. The van der Waals surface area contributed by atoms with Gasteiger partial charge in [-0.15, -0.1) is 12.4 Å². The van der Waals surface area contributed by atoms with Crippen LogP contribution in [-0.4, -0.2) is 40.0 Å². The Bertz CT molecular complexity index is 593. The minimum atomic E-state index is -0.327. The highest BCUT2D eigenvalue weighted by Gasteiger charge is 2.19. The van der Waals surface area contributed by atoms with Crippen molar-refractivity contribution in [3.63, 3.8) is 0 Å². The maximum absolute atomic E-state index is 12.4. The molecule has 0 aliphatic carbocycles. The third-order valence-electron chi connectivity index (χ3n) is 3.09. The molecular weight excluding hydrogens is 292 g/mol. The van der Waals surface area contributed by atoms with E-state index in [1.807, 2.05) is 24.3 Å². The Morgan fingerprint density at radius 3 is 2.67 bits per heavy atom. The lowest BCUT2D eigenvalue weighted by Gasteiger charge is -2.19. The van der Waals surface area contributed by atoms with Crippen LogP contribution in [0.25, 0.3) is 10.9 Å². The van der Waals surface area contributed by atoms with Gasteiger partial charge < -0.3 is 15.8 Å². The average Bonchev–Trinajstić information content (AvgIpc) is 2.86. The van der Waals surface area contributed by atoms with Gasteiger partial charge >= 0.3 is 0 Å². The van der Waals surface area contributed by atoms with Gasteiger partial charge in [-0.2, -0.15) is 0 Å². The first-order valence-electron chi connectivity index (χ1n) is 6.48. The standard InChI is InChI=1S/C14H18N4O2.ClH/c15-14(16)18(7-3-4-8-19)13(20)12-9-10-5-1-2-6-11(10)17-12;/h1-2,5-6,9,17,19H,3-4,7-8H2,(H3,15,16);1H. The van der Waals surface area contributed by atoms with E-state index < -0.39 is 0 Å². The number of fused-ring (bicyclic) bond motifs is 1. The predicted octanol–water partition coefficient (Wildman–Crippen LogP) is 1.70. The van der Waals surface area contributed by atoms with Crippen LogP contribution in [0.2, 0.25) is 0 Å². The Morgan fingerprint density at radius 2 is 2.05 bits per heavy atom. The zero-order valence-electron chi connectivity index (χ0n) is 11.5. The molecule has 5 N–H and O–H groups in total. The summed E-state index contributed by atoms with van der Waals surface area (Å²) in [5, 5.41) is 17.2. The number of para-hydroxylation sites is 1. The number of nitrogens with one attached hydrogen (secondary N) is 2. The first kappa shape index (κ1) is 17.0. The summed E-state index contributed by atoms with van der Waals surface area (Å²) in [5.41, 5.74) is 6.74. The number of aliphatic hydroxyl groups is 1.